The first-order valence-corrected chi connectivity index (χ1v) is 7.49. The Hall–Kier alpha value is -0.580. The predicted octanol–water partition coefficient (Wildman–Crippen LogP) is 2.68. The molecule has 0 N–H and O–H groups in total. The van der Waals surface area contributed by atoms with Gasteiger partial charge in [-0.2, -0.15) is 4.31 Å². The number of halogens is 1. The zero-order valence-electron chi connectivity index (χ0n) is 9.98. The van der Waals surface area contributed by atoms with Crippen LogP contribution in [0.3, 0.4) is 0 Å². The Balaban J connectivity index is 2.35. The van der Waals surface area contributed by atoms with E-state index >= 15 is 0 Å². The van der Waals surface area contributed by atoms with E-state index in [1.54, 1.807) is 16.4 Å². The Morgan fingerprint density at radius 1 is 1.41 bits per heavy atom. The van der Waals surface area contributed by atoms with E-state index in [4.69, 9.17) is 11.6 Å². The van der Waals surface area contributed by atoms with Crippen LogP contribution in [0.5, 0.6) is 0 Å². The van der Waals surface area contributed by atoms with Gasteiger partial charge in [0.05, 0.1) is 4.90 Å². The standard InChI is InChI=1S/C12H16ClNO2S/c1-9-5-6-14(8-9)17(15,16)11-4-3-10(2)12(13)7-11/h3-4,7,9H,5-6,8H2,1-2H3/t9-/m1/s1. The van der Waals surface area contributed by atoms with Crippen molar-refractivity contribution in [1.82, 2.24) is 4.31 Å². The van der Waals surface area contributed by atoms with Crippen LogP contribution in [0.2, 0.25) is 5.02 Å². The van der Waals surface area contributed by atoms with E-state index in [0.717, 1.165) is 12.0 Å². The molecular weight excluding hydrogens is 258 g/mol. The molecule has 1 aromatic carbocycles. The third-order valence-corrected chi connectivity index (χ3v) is 5.44. The molecule has 2 rings (SSSR count). The van der Waals surface area contributed by atoms with Gasteiger partial charge in [0, 0.05) is 18.1 Å². The number of sulfonamides is 1. The molecule has 0 saturated carbocycles. The van der Waals surface area contributed by atoms with Gasteiger partial charge in [-0.15, -0.1) is 0 Å². The monoisotopic (exact) mass is 273 g/mol. The molecule has 1 aromatic rings. The van der Waals surface area contributed by atoms with Gasteiger partial charge in [0.25, 0.3) is 0 Å². The molecule has 0 radical (unpaired) electrons. The van der Waals surface area contributed by atoms with E-state index in [1.165, 1.54) is 6.07 Å². The van der Waals surface area contributed by atoms with Crippen molar-refractivity contribution in [2.45, 2.75) is 25.2 Å². The van der Waals surface area contributed by atoms with Gasteiger partial charge in [-0.3, -0.25) is 0 Å². The highest BCUT2D eigenvalue weighted by atomic mass is 35.5. The van der Waals surface area contributed by atoms with Gasteiger partial charge in [0.15, 0.2) is 0 Å². The van der Waals surface area contributed by atoms with E-state index < -0.39 is 10.0 Å². The van der Waals surface area contributed by atoms with Gasteiger partial charge in [-0.05, 0) is 37.0 Å². The highest BCUT2D eigenvalue weighted by Gasteiger charge is 2.30. The van der Waals surface area contributed by atoms with Crippen LogP contribution >= 0.6 is 11.6 Å². The second-order valence-electron chi connectivity index (χ2n) is 4.67. The van der Waals surface area contributed by atoms with Crippen LogP contribution in [0.4, 0.5) is 0 Å². The molecule has 1 saturated heterocycles. The summed E-state index contributed by atoms with van der Waals surface area (Å²) in [5.41, 5.74) is 0.889. The molecule has 0 spiro atoms. The van der Waals surface area contributed by atoms with Gasteiger partial charge in [-0.25, -0.2) is 8.42 Å². The molecule has 1 atom stereocenters. The first kappa shape index (κ1) is 12.9. The van der Waals surface area contributed by atoms with Crippen LogP contribution in [-0.2, 0) is 10.0 Å². The van der Waals surface area contributed by atoms with Crippen molar-refractivity contribution < 1.29 is 8.42 Å². The fourth-order valence-corrected chi connectivity index (χ4v) is 3.84. The fourth-order valence-electron chi connectivity index (χ4n) is 2.00. The highest BCUT2D eigenvalue weighted by molar-refractivity contribution is 7.89. The topological polar surface area (TPSA) is 37.4 Å². The van der Waals surface area contributed by atoms with Crippen molar-refractivity contribution in [2.75, 3.05) is 13.1 Å². The van der Waals surface area contributed by atoms with Crippen molar-refractivity contribution in [3.63, 3.8) is 0 Å². The van der Waals surface area contributed by atoms with Gasteiger partial charge in [-0.1, -0.05) is 24.6 Å². The van der Waals surface area contributed by atoms with Gasteiger partial charge in [0.2, 0.25) is 10.0 Å². The average Bonchev–Trinajstić information content (AvgIpc) is 2.69. The lowest BCUT2D eigenvalue weighted by molar-refractivity contribution is 0.464. The van der Waals surface area contributed by atoms with E-state index in [-0.39, 0.29) is 0 Å². The lowest BCUT2D eigenvalue weighted by Crippen LogP contribution is -2.28. The highest BCUT2D eigenvalue weighted by Crippen LogP contribution is 2.26. The predicted molar refractivity (Wildman–Crippen MR) is 68.7 cm³/mol. The third-order valence-electron chi connectivity index (χ3n) is 3.17. The quantitative estimate of drug-likeness (QED) is 0.831. The number of hydrogen-bond donors (Lipinski definition) is 0. The SMILES string of the molecule is Cc1ccc(S(=O)(=O)N2CC[C@@H](C)C2)cc1Cl. The third kappa shape index (κ3) is 2.49. The lowest BCUT2D eigenvalue weighted by atomic mass is 10.2. The van der Waals surface area contributed by atoms with Crippen LogP contribution in [0, 0.1) is 12.8 Å². The minimum atomic E-state index is -3.36. The summed E-state index contributed by atoms with van der Waals surface area (Å²) in [6.45, 7) is 5.14. The van der Waals surface area contributed by atoms with Crippen LogP contribution in [0.15, 0.2) is 23.1 Å². The summed E-state index contributed by atoms with van der Waals surface area (Å²) < 4.78 is 26.2. The molecule has 5 heteroatoms. The minimum absolute atomic E-state index is 0.294. The number of benzene rings is 1. The Kier molecular flexibility index (Phi) is 3.48. The summed E-state index contributed by atoms with van der Waals surface area (Å²) in [6.07, 6.45) is 0.929. The maximum Gasteiger partial charge on any atom is 0.243 e. The maximum absolute atomic E-state index is 12.3. The fraction of sp³-hybridized carbons (Fsp3) is 0.500. The Bertz CT molecular complexity index is 527. The molecule has 0 aromatic heterocycles. The zero-order chi connectivity index (χ0) is 12.6. The molecule has 17 heavy (non-hydrogen) atoms. The maximum atomic E-state index is 12.3. The Morgan fingerprint density at radius 2 is 2.12 bits per heavy atom. The van der Waals surface area contributed by atoms with E-state index in [0.29, 0.717) is 28.9 Å². The number of aryl methyl sites for hydroxylation is 1. The normalized spacial score (nSPS) is 21.9. The summed E-state index contributed by atoms with van der Waals surface area (Å²) >= 11 is 5.97. The summed E-state index contributed by atoms with van der Waals surface area (Å²) in [5, 5.41) is 0.498. The summed E-state index contributed by atoms with van der Waals surface area (Å²) in [4.78, 5) is 0.294. The van der Waals surface area contributed by atoms with Crippen molar-refractivity contribution in [1.29, 1.82) is 0 Å². The molecule has 0 unspecified atom stereocenters. The van der Waals surface area contributed by atoms with Gasteiger partial charge >= 0.3 is 0 Å². The van der Waals surface area contributed by atoms with Crippen molar-refractivity contribution in [2.24, 2.45) is 5.92 Å². The average molecular weight is 274 g/mol. The van der Waals surface area contributed by atoms with Crippen molar-refractivity contribution in [3.05, 3.63) is 28.8 Å². The Labute approximate surface area is 107 Å². The van der Waals surface area contributed by atoms with E-state index in [1.807, 2.05) is 6.92 Å². The second-order valence-corrected chi connectivity index (χ2v) is 7.01. The smallest absolute Gasteiger partial charge is 0.207 e. The van der Waals surface area contributed by atoms with Gasteiger partial charge < -0.3 is 0 Å². The second kappa shape index (κ2) is 4.59. The van der Waals surface area contributed by atoms with Crippen molar-refractivity contribution in [3.8, 4) is 0 Å². The largest absolute Gasteiger partial charge is 0.243 e. The summed E-state index contributed by atoms with van der Waals surface area (Å²) in [6, 6.07) is 4.91. The van der Waals surface area contributed by atoms with Gasteiger partial charge in [0.1, 0.15) is 0 Å². The molecule has 1 heterocycles. The number of hydrogen-bond acceptors (Lipinski definition) is 2. The molecule has 0 bridgehead atoms. The molecule has 0 amide bonds. The van der Waals surface area contributed by atoms with Crippen LogP contribution in [0.1, 0.15) is 18.9 Å². The van der Waals surface area contributed by atoms with E-state index in [9.17, 15) is 8.42 Å². The number of nitrogens with zero attached hydrogens (tertiary/aromatic N) is 1. The molecule has 94 valence electrons. The van der Waals surface area contributed by atoms with Crippen molar-refractivity contribution >= 4 is 21.6 Å². The number of rotatable bonds is 2. The van der Waals surface area contributed by atoms with Crippen LogP contribution in [0.25, 0.3) is 0 Å². The zero-order valence-corrected chi connectivity index (χ0v) is 11.6. The first-order chi connectivity index (χ1) is 7.91. The summed E-state index contributed by atoms with van der Waals surface area (Å²) in [7, 11) is -3.36. The molecule has 1 aliphatic rings. The Morgan fingerprint density at radius 3 is 2.65 bits per heavy atom. The molecular formula is C12H16ClNO2S. The molecule has 3 nitrogen and oxygen atoms in total. The van der Waals surface area contributed by atoms with E-state index in [2.05, 4.69) is 6.92 Å². The first-order valence-electron chi connectivity index (χ1n) is 5.67. The lowest BCUT2D eigenvalue weighted by Gasteiger charge is -2.16. The van der Waals surface area contributed by atoms with Crippen LogP contribution < -0.4 is 0 Å². The molecule has 1 fully saturated rings. The molecule has 0 aliphatic carbocycles. The minimum Gasteiger partial charge on any atom is -0.207 e. The summed E-state index contributed by atoms with van der Waals surface area (Å²) in [5.74, 6) is 0.436. The van der Waals surface area contributed by atoms with Crippen LogP contribution in [-0.4, -0.2) is 25.8 Å². The molecule has 1 aliphatic heterocycles.